The standard InChI is InChI=1S/C30H31N5O7S/c1-39-20-13-9-8-12-19(20)35(30(38)27-23(31)24(28(32)36)34-43-27)25(29(37)33-16-17-10-6-5-7-11-17)18-14-21(40-2)26(42-4)22(15-18)41-3/h5-15,25H,16,31H2,1-4H3,(H2,32,36)(H,33,37)/t25-/m1/s1. The number of carbonyl (C=O) groups excluding carboxylic acids is 3. The van der Waals surface area contributed by atoms with Crippen LogP contribution in [0, 0.1) is 0 Å². The van der Waals surface area contributed by atoms with Gasteiger partial charge in [-0.2, -0.15) is 4.37 Å². The number of aromatic nitrogens is 1. The van der Waals surface area contributed by atoms with Crippen molar-refractivity contribution in [2.75, 3.05) is 39.1 Å². The van der Waals surface area contributed by atoms with Gasteiger partial charge in [0.1, 0.15) is 16.7 Å². The molecule has 0 unspecified atom stereocenters. The minimum Gasteiger partial charge on any atom is -0.495 e. The lowest BCUT2D eigenvalue weighted by Crippen LogP contribution is -2.44. The number of amides is 3. The van der Waals surface area contributed by atoms with Gasteiger partial charge >= 0.3 is 0 Å². The molecule has 0 fully saturated rings. The molecular weight excluding hydrogens is 574 g/mol. The van der Waals surface area contributed by atoms with Gasteiger partial charge in [0.25, 0.3) is 11.8 Å². The molecule has 0 saturated heterocycles. The first-order valence-corrected chi connectivity index (χ1v) is 13.7. The average molecular weight is 606 g/mol. The largest absolute Gasteiger partial charge is 0.495 e. The highest BCUT2D eigenvalue weighted by atomic mass is 32.1. The van der Waals surface area contributed by atoms with Crippen molar-refractivity contribution in [3.63, 3.8) is 0 Å². The van der Waals surface area contributed by atoms with Crippen molar-refractivity contribution in [3.8, 4) is 23.0 Å². The number of methoxy groups -OCH3 is 4. The molecule has 13 heteroatoms. The van der Waals surface area contributed by atoms with Crippen LogP contribution in [0.4, 0.5) is 11.4 Å². The third-order valence-electron chi connectivity index (χ3n) is 6.54. The quantitative estimate of drug-likeness (QED) is 0.219. The fourth-order valence-corrected chi connectivity index (χ4v) is 5.23. The molecule has 0 bridgehead atoms. The number of para-hydroxylation sites is 2. The van der Waals surface area contributed by atoms with E-state index in [1.807, 2.05) is 30.3 Å². The highest BCUT2D eigenvalue weighted by Gasteiger charge is 2.38. The molecule has 43 heavy (non-hydrogen) atoms. The van der Waals surface area contributed by atoms with Crippen LogP contribution in [0.1, 0.15) is 37.3 Å². The second-order valence-corrected chi connectivity index (χ2v) is 9.82. The van der Waals surface area contributed by atoms with E-state index >= 15 is 0 Å². The monoisotopic (exact) mass is 605 g/mol. The van der Waals surface area contributed by atoms with Gasteiger partial charge in [0.2, 0.25) is 11.7 Å². The third kappa shape index (κ3) is 6.31. The van der Waals surface area contributed by atoms with Gasteiger partial charge in [-0.25, -0.2) is 0 Å². The van der Waals surface area contributed by atoms with Crippen LogP contribution in [0.2, 0.25) is 0 Å². The molecule has 0 saturated carbocycles. The number of primary amides is 1. The second-order valence-electron chi connectivity index (χ2n) is 9.05. The van der Waals surface area contributed by atoms with E-state index in [4.69, 9.17) is 30.4 Å². The Balaban J connectivity index is 1.97. The van der Waals surface area contributed by atoms with E-state index in [1.54, 1.807) is 36.4 Å². The molecule has 3 aromatic carbocycles. The highest BCUT2D eigenvalue weighted by Crippen LogP contribution is 2.43. The summed E-state index contributed by atoms with van der Waals surface area (Å²) < 4.78 is 26.2. The molecule has 0 aliphatic heterocycles. The molecule has 1 atom stereocenters. The van der Waals surface area contributed by atoms with Crippen molar-refractivity contribution >= 4 is 40.6 Å². The van der Waals surface area contributed by atoms with E-state index in [0.717, 1.165) is 5.56 Å². The molecule has 12 nitrogen and oxygen atoms in total. The first-order chi connectivity index (χ1) is 20.7. The predicted molar refractivity (Wildman–Crippen MR) is 162 cm³/mol. The molecule has 1 aromatic heterocycles. The lowest BCUT2D eigenvalue weighted by Gasteiger charge is -2.32. The highest BCUT2D eigenvalue weighted by molar-refractivity contribution is 7.09. The number of nitrogens with two attached hydrogens (primary N) is 2. The first-order valence-electron chi connectivity index (χ1n) is 12.9. The third-order valence-corrected chi connectivity index (χ3v) is 7.39. The summed E-state index contributed by atoms with van der Waals surface area (Å²) in [6.07, 6.45) is 0. The lowest BCUT2D eigenvalue weighted by atomic mass is 10.0. The van der Waals surface area contributed by atoms with Crippen LogP contribution < -0.4 is 40.6 Å². The Labute approximate surface area is 252 Å². The van der Waals surface area contributed by atoms with Crippen molar-refractivity contribution in [2.45, 2.75) is 12.6 Å². The molecule has 3 amide bonds. The number of nitrogen functional groups attached to an aromatic ring is 1. The van der Waals surface area contributed by atoms with Gasteiger partial charge in [0, 0.05) is 6.54 Å². The summed E-state index contributed by atoms with van der Waals surface area (Å²) in [5.74, 6) is -1.04. The van der Waals surface area contributed by atoms with Crippen LogP contribution in [0.3, 0.4) is 0 Å². The van der Waals surface area contributed by atoms with Gasteiger partial charge in [-0.05, 0) is 46.9 Å². The number of ether oxygens (including phenoxy) is 4. The Kier molecular flexibility index (Phi) is 9.68. The molecule has 0 aliphatic rings. The summed E-state index contributed by atoms with van der Waals surface area (Å²) in [5, 5.41) is 2.93. The van der Waals surface area contributed by atoms with Crippen LogP contribution in [0.25, 0.3) is 0 Å². The van der Waals surface area contributed by atoms with E-state index in [0.29, 0.717) is 28.6 Å². The van der Waals surface area contributed by atoms with Crippen molar-refractivity contribution in [3.05, 3.63) is 88.4 Å². The maximum Gasteiger partial charge on any atom is 0.273 e. The predicted octanol–water partition coefficient (Wildman–Crippen LogP) is 3.56. The summed E-state index contributed by atoms with van der Waals surface area (Å²) in [5.41, 5.74) is 12.6. The van der Waals surface area contributed by atoms with Crippen LogP contribution in [0.15, 0.2) is 66.7 Å². The number of nitrogens with one attached hydrogen (secondary N) is 1. The minimum atomic E-state index is -1.33. The van der Waals surface area contributed by atoms with Gasteiger partial charge < -0.3 is 35.7 Å². The number of rotatable bonds is 12. The maximum absolute atomic E-state index is 14.4. The Morgan fingerprint density at radius 1 is 0.884 bits per heavy atom. The molecule has 0 radical (unpaired) electrons. The van der Waals surface area contributed by atoms with E-state index in [1.165, 1.54) is 33.3 Å². The van der Waals surface area contributed by atoms with Crippen LogP contribution >= 0.6 is 11.5 Å². The molecule has 4 aromatic rings. The molecular formula is C30H31N5O7S. The van der Waals surface area contributed by atoms with E-state index in [-0.39, 0.29) is 40.0 Å². The first kappa shape index (κ1) is 30.7. The van der Waals surface area contributed by atoms with Crippen molar-refractivity contribution < 1.29 is 33.3 Å². The molecule has 1 heterocycles. The summed E-state index contributed by atoms with van der Waals surface area (Å²) in [7, 11) is 5.78. The van der Waals surface area contributed by atoms with Crippen molar-refractivity contribution in [1.82, 2.24) is 9.69 Å². The number of carbonyl (C=O) groups is 3. The number of nitrogens with zero attached hydrogens (tertiary/aromatic N) is 2. The minimum absolute atomic E-state index is 0.0898. The number of hydrogen-bond donors (Lipinski definition) is 3. The van der Waals surface area contributed by atoms with Crippen molar-refractivity contribution in [2.24, 2.45) is 5.73 Å². The fourth-order valence-electron chi connectivity index (χ4n) is 4.49. The van der Waals surface area contributed by atoms with Gasteiger partial charge in [0.05, 0.1) is 39.8 Å². The topological polar surface area (TPSA) is 168 Å². The van der Waals surface area contributed by atoms with Gasteiger partial charge in [-0.15, -0.1) is 0 Å². The van der Waals surface area contributed by atoms with Crippen LogP contribution in [-0.4, -0.2) is 50.5 Å². The number of benzene rings is 3. The zero-order valence-corrected chi connectivity index (χ0v) is 24.8. The summed E-state index contributed by atoms with van der Waals surface area (Å²) in [6.45, 7) is 0.170. The Hall–Kier alpha value is -5.30. The maximum atomic E-state index is 14.4. The lowest BCUT2D eigenvalue weighted by molar-refractivity contribution is -0.122. The van der Waals surface area contributed by atoms with Gasteiger partial charge in [-0.3, -0.25) is 19.3 Å². The Morgan fingerprint density at radius 2 is 1.49 bits per heavy atom. The summed E-state index contributed by atoms with van der Waals surface area (Å²) in [4.78, 5) is 41.7. The Morgan fingerprint density at radius 3 is 2.05 bits per heavy atom. The van der Waals surface area contributed by atoms with Crippen molar-refractivity contribution in [1.29, 1.82) is 0 Å². The smallest absolute Gasteiger partial charge is 0.273 e. The summed E-state index contributed by atoms with van der Waals surface area (Å²) in [6, 6.07) is 17.8. The zero-order chi connectivity index (χ0) is 31.1. The van der Waals surface area contributed by atoms with Crippen LogP contribution in [0.5, 0.6) is 23.0 Å². The normalized spacial score (nSPS) is 11.3. The number of anilines is 2. The SMILES string of the molecule is COc1ccccc1N(C(=O)c1snc(C(N)=O)c1N)[C@@H](C(=O)NCc1ccccc1)c1cc(OC)c(OC)c(OC)c1. The Bertz CT molecular complexity index is 1600. The molecule has 0 aliphatic carbocycles. The number of hydrogen-bond acceptors (Lipinski definition) is 10. The zero-order valence-electron chi connectivity index (χ0n) is 24.0. The molecule has 0 spiro atoms. The van der Waals surface area contributed by atoms with E-state index in [9.17, 15) is 14.4 Å². The molecule has 224 valence electrons. The molecule has 4 rings (SSSR count). The van der Waals surface area contributed by atoms with Gasteiger partial charge in [-0.1, -0.05) is 42.5 Å². The summed E-state index contributed by atoms with van der Waals surface area (Å²) >= 11 is 0.696. The van der Waals surface area contributed by atoms with Gasteiger partial charge in [0.15, 0.2) is 17.2 Å². The second kappa shape index (κ2) is 13.6. The fraction of sp³-hybridized carbons (Fsp3) is 0.200. The van der Waals surface area contributed by atoms with E-state index < -0.39 is 23.8 Å². The average Bonchev–Trinajstić information content (AvgIpc) is 3.43. The van der Waals surface area contributed by atoms with E-state index in [2.05, 4.69) is 9.69 Å². The van der Waals surface area contributed by atoms with Crippen LogP contribution in [-0.2, 0) is 11.3 Å². The molecule has 5 N–H and O–H groups in total.